The fraction of sp³-hybridized carbons (Fsp3) is 0.250. The number of carbonyl (C=O) groups excluding carboxylic acids is 1. The van der Waals surface area contributed by atoms with Crippen LogP contribution in [0, 0.1) is 18.4 Å². The smallest absolute Gasteiger partial charge is 0.449 e. The Morgan fingerprint density at radius 2 is 1.57 bits per heavy atom. The van der Waals surface area contributed by atoms with Crippen molar-refractivity contribution < 1.29 is 73.9 Å². The Hall–Kier alpha value is -1.80. The molecule has 1 aliphatic carbocycles. The van der Waals surface area contributed by atoms with Crippen molar-refractivity contribution in [1.29, 1.82) is 0 Å². The molecule has 1 amide bonds. The van der Waals surface area contributed by atoms with Crippen molar-refractivity contribution in [3.05, 3.63) is 88.5 Å². The van der Waals surface area contributed by atoms with Crippen LogP contribution in [-0.2, 0) is 11.3 Å². The van der Waals surface area contributed by atoms with E-state index in [-0.39, 0.29) is 76.0 Å². The maximum Gasteiger partial charge on any atom is 1.00 e. The van der Waals surface area contributed by atoms with Crippen LogP contribution < -0.4 is 62.2 Å². The molecule has 1 N–H and O–H groups in total. The van der Waals surface area contributed by atoms with Crippen LogP contribution in [0.25, 0.3) is 11.1 Å². The van der Waals surface area contributed by atoms with Gasteiger partial charge in [-0.15, -0.1) is 11.0 Å². The molecule has 0 unspecified atom stereocenters. The Morgan fingerprint density at radius 1 is 1.00 bits per heavy atom. The monoisotopic (exact) mass is 545 g/mol. The molecule has 3 aromatic carbocycles. The second kappa shape index (κ2) is 11.9. The van der Waals surface area contributed by atoms with Crippen molar-refractivity contribution in [2.45, 2.75) is 39.0 Å². The second-order valence-corrected chi connectivity index (χ2v) is 14.9. The van der Waals surface area contributed by atoms with E-state index in [2.05, 4.69) is 16.8 Å². The van der Waals surface area contributed by atoms with Gasteiger partial charge in [-0.25, -0.2) is 4.79 Å². The molecule has 0 aromatic heterocycles. The number of alkyl carbamates (subject to hydrolysis) is 1. The first-order valence-corrected chi connectivity index (χ1v) is 15.4. The number of halogens is 3. The number of rotatable bonds is 5. The van der Waals surface area contributed by atoms with Gasteiger partial charge in [0.15, 0.2) is 0 Å². The molecular weight excluding hydrogens is 517 g/mol. The number of ether oxygens (including phenoxy) is 1. The average molecular weight is 546 g/mol. The molecule has 1 aliphatic rings. The van der Waals surface area contributed by atoms with Gasteiger partial charge < -0.3 is 23.0 Å². The van der Waals surface area contributed by atoms with Gasteiger partial charge in [0, 0.05) is 18.0 Å². The largest absolute Gasteiger partial charge is 1.00 e. The minimum absolute atomic E-state index is 0. The van der Waals surface area contributed by atoms with E-state index in [0.29, 0.717) is 11.1 Å². The van der Waals surface area contributed by atoms with Crippen LogP contribution >= 0.6 is 0 Å². The molecule has 0 atom stereocenters. The summed E-state index contributed by atoms with van der Waals surface area (Å²) >= 11 is 0. The molecule has 0 aliphatic heterocycles. The van der Waals surface area contributed by atoms with E-state index in [4.69, 9.17) is 4.74 Å². The number of fused-ring (bicyclic) bond motifs is 3. The van der Waals surface area contributed by atoms with Gasteiger partial charge in [0.05, 0.1) is 0 Å². The first-order valence-electron chi connectivity index (χ1n) is 11.9. The molecule has 9 heteroatoms. The molecule has 0 saturated carbocycles. The summed E-state index contributed by atoms with van der Waals surface area (Å²) in [6, 6.07) is 18.7. The van der Waals surface area contributed by atoms with E-state index in [0.717, 1.165) is 28.3 Å². The molecule has 4 rings (SSSR count). The molecule has 0 bridgehead atoms. The zero-order valence-corrected chi connectivity index (χ0v) is 25.9. The van der Waals surface area contributed by atoms with Gasteiger partial charge in [-0.05, 0) is 40.8 Å². The van der Waals surface area contributed by atoms with Crippen molar-refractivity contribution in [3.63, 3.8) is 0 Å². The topological polar surface area (TPSA) is 38.3 Å². The maximum atomic E-state index is 13.7. The van der Waals surface area contributed by atoms with E-state index in [9.17, 15) is 17.7 Å². The molecule has 186 valence electrons. The second-order valence-electron chi connectivity index (χ2n) is 10.1. The van der Waals surface area contributed by atoms with Crippen molar-refractivity contribution in [1.82, 2.24) is 5.32 Å². The van der Waals surface area contributed by atoms with E-state index in [1.165, 1.54) is 6.92 Å². The maximum absolute atomic E-state index is 13.7. The third kappa shape index (κ3) is 7.19. The average Bonchev–Trinajstić information content (AvgIpc) is 3.13. The SMILES string of the molecule is Cc1c(C#C[Si](C)(C)C)cc(CNC(=O)OCC2c3ccccc3-c3ccccc32)cc1[B-](F)(F)F.[K+]. The van der Waals surface area contributed by atoms with Crippen LogP contribution in [0.5, 0.6) is 0 Å². The molecule has 0 heterocycles. The fourth-order valence-corrected chi connectivity index (χ4v) is 4.96. The quantitative estimate of drug-likeness (QED) is 0.395. The molecular formula is C28H28BF3KNO2Si. The standard InChI is InChI=1S/C28H28BF3NO2Si.K/c1-19-21(13-14-36(2,3)4)15-20(16-27(19)29(30,31)32)17-33-28(34)35-18-26-24-11-7-5-9-22(24)23-10-6-8-12-25(23)26;/h5-12,15-16,26H,17-18H2,1-4H3,(H,33,34);/q-1;+1. The molecule has 0 spiro atoms. The summed E-state index contributed by atoms with van der Waals surface area (Å²) in [7, 11) is -1.78. The Morgan fingerprint density at radius 3 is 2.11 bits per heavy atom. The number of hydrogen-bond donors (Lipinski definition) is 1. The van der Waals surface area contributed by atoms with Crippen LogP contribution in [0.15, 0.2) is 60.7 Å². The Kier molecular flexibility index (Phi) is 9.60. The van der Waals surface area contributed by atoms with Crippen LogP contribution in [0.4, 0.5) is 17.7 Å². The van der Waals surface area contributed by atoms with Crippen LogP contribution in [-0.4, -0.2) is 27.8 Å². The van der Waals surface area contributed by atoms with Gasteiger partial charge in [0.1, 0.15) is 14.7 Å². The van der Waals surface area contributed by atoms with Gasteiger partial charge in [-0.2, -0.15) is 0 Å². The molecule has 0 radical (unpaired) electrons. The first-order chi connectivity index (χ1) is 16.9. The number of amides is 1. The summed E-state index contributed by atoms with van der Waals surface area (Å²) in [6.45, 7) is 2.38. The minimum Gasteiger partial charge on any atom is -0.449 e. The predicted molar refractivity (Wildman–Crippen MR) is 142 cm³/mol. The number of benzene rings is 3. The van der Waals surface area contributed by atoms with Gasteiger partial charge >= 0.3 is 64.5 Å². The van der Waals surface area contributed by atoms with E-state index in [1.54, 1.807) is 6.07 Å². The zero-order valence-electron chi connectivity index (χ0n) is 21.8. The summed E-state index contributed by atoms with van der Waals surface area (Å²) in [6.07, 6.45) is -0.675. The summed E-state index contributed by atoms with van der Waals surface area (Å²) in [4.78, 5) is 12.5. The summed E-state index contributed by atoms with van der Waals surface area (Å²) in [5.41, 5.74) is 7.68. The van der Waals surface area contributed by atoms with E-state index >= 15 is 0 Å². The summed E-state index contributed by atoms with van der Waals surface area (Å²) in [5.74, 6) is 2.86. The number of hydrogen-bond acceptors (Lipinski definition) is 2. The van der Waals surface area contributed by atoms with Gasteiger partial charge in [0.25, 0.3) is 0 Å². The normalized spacial score (nSPS) is 12.5. The summed E-state index contributed by atoms with van der Waals surface area (Å²) < 4.78 is 46.7. The third-order valence-electron chi connectivity index (χ3n) is 6.21. The van der Waals surface area contributed by atoms with Crippen molar-refractivity contribution in [2.75, 3.05) is 6.61 Å². The van der Waals surface area contributed by atoms with Gasteiger partial charge in [0.2, 0.25) is 0 Å². The molecule has 0 saturated heterocycles. The van der Waals surface area contributed by atoms with Crippen LogP contribution in [0.3, 0.4) is 0 Å². The molecule has 3 aromatic rings. The van der Waals surface area contributed by atoms with E-state index in [1.807, 2.05) is 68.2 Å². The van der Waals surface area contributed by atoms with Crippen molar-refractivity contribution >= 4 is 26.6 Å². The molecule has 3 nitrogen and oxygen atoms in total. The van der Waals surface area contributed by atoms with Crippen molar-refractivity contribution in [2.24, 2.45) is 0 Å². The van der Waals surface area contributed by atoms with Gasteiger partial charge in [-0.3, -0.25) is 0 Å². The van der Waals surface area contributed by atoms with Gasteiger partial charge in [-0.1, -0.05) is 85.7 Å². The first kappa shape index (κ1) is 29.7. The van der Waals surface area contributed by atoms with Crippen LogP contribution in [0.1, 0.15) is 33.7 Å². The third-order valence-corrected chi connectivity index (χ3v) is 7.09. The number of nitrogens with one attached hydrogen (secondary N) is 1. The molecule has 37 heavy (non-hydrogen) atoms. The Labute approximate surface area is 260 Å². The summed E-state index contributed by atoms with van der Waals surface area (Å²) in [5, 5.41) is 2.61. The van der Waals surface area contributed by atoms with Crippen molar-refractivity contribution in [3.8, 4) is 22.6 Å². The van der Waals surface area contributed by atoms with E-state index < -0.39 is 26.6 Å². The van der Waals surface area contributed by atoms with Crippen LogP contribution in [0.2, 0.25) is 19.6 Å². The number of carbonyl (C=O) groups is 1. The predicted octanol–water partition coefficient (Wildman–Crippen LogP) is 3.32. The zero-order chi connectivity index (χ0) is 26.1. The minimum atomic E-state index is -5.22. The Balaban J connectivity index is 0.00000380. The fourth-order valence-electron chi connectivity index (χ4n) is 4.45. The Bertz CT molecular complexity index is 1330. The molecule has 0 fully saturated rings.